The Bertz CT molecular complexity index is 1150. The zero-order valence-corrected chi connectivity index (χ0v) is 17.4. The first-order valence-corrected chi connectivity index (χ1v) is 10.3. The molecule has 1 N–H and O–H groups in total. The molecule has 5 nitrogen and oxygen atoms in total. The van der Waals surface area contributed by atoms with Crippen LogP contribution < -0.4 is 5.32 Å². The van der Waals surface area contributed by atoms with E-state index in [-0.39, 0.29) is 12.5 Å². The molecule has 1 amide bonds. The number of hydrogen-bond acceptors (Lipinski definition) is 3. The molecular weight excluding hydrogens is 372 g/mol. The van der Waals surface area contributed by atoms with Crippen LogP contribution in [0.15, 0.2) is 66.9 Å². The van der Waals surface area contributed by atoms with E-state index in [2.05, 4.69) is 48.4 Å². The second-order valence-corrected chi connectivity index (χ2v) is 7.62. The zero-order valence-electron chi connectivity index (χ0n) is 17.4. The molecule has 2 aromatic carbocycles. The fraction of sp³-hybridized carbons (Fsp3) is 0.240. The Balaban J connectivity index is 1.55. The number of nitrogens with zero attached hydrogens (tertiary/aromatic N) is 3. The maximum atomic E-state index is 12.7. The molecule has 0 aliphatic rings. The number of pyridine rings is 1. The highest BCUT2D eigenvalue weighted by atomic mass is 16.1. The molecule has 0 spiro atoms. The SMILES string of the molecule is Cc1cc2nc(Cc3ccccc3)n(CC(=O)NCCc3ccccn3)c2cc1C. The van der Waals surface area contributed by atoms with Crippen molar-refractivity contribution in [3.8, 4) is 0 Å². The van der Waals surface area contributed by atoms with Crippen molar-refractivity contribution in [1.29, 1.82) is 0 Å². The summed E-state index contributed by atoms with van der Waals surface area (Å²) < 4.78 is 2.05. The lowest BCUT2D eigenvalue weighted by Crippen LogP contribution is -2.30. The zero-order chi connectivity index (χ0) is 20.9. The maximum absolute atomic E-state index is 12.7. The van der Waals surface area contributed by atoms with Gasteiger partial charge < -0.3 is 9.88 Å². The standard InChI is InChI=1S/C25H26N4O/c1-18-14-22-23(15-19(18)2)29(24(28-22)16-20-8-4-3-5-9-20)17-25(30)27-13-11-21-10-6-7-12-26-21/h3-10,12,14-15H,11,13,16-17H2,1-2H3,(H,27,30). The topological polar surface area (TPSA) is 59.8 Å². The number of carbonyl (C=O) groups is 1. The van der Waals surface area contributed by atoms with E-state index < -0.39 is 0 Å². The minimum absolute atomic E-state index is 0.0160. The van der Waals surface area contributed by atoms with E-state index in [1.807, 2.05) is 41.0 Å². The lowest BCUT2D eigenvalue weighted by Gasteiger charge is -2.11. The van der Waals surface area contributed by atoms with Gasteiger partial charge in [0.2, 0.25) is 5.91 Å². The molecule has 0 saturated carbocycles. The van der Waals surface area contributed by atoms with E-state index in [9.17, 15) is 4.79 Å². The van der Waals surface area contributed by atoms with Crippen LogP contribution in [0, 0.1) is 13.8 Å². The van der Waals surface area contributed by atoms with Crippen molar-refractivity contribution < 1.29 is 4.79 Å². The Morgan fingerprint density at radius 1 is 1.00 bits per heavy atom. The molecule has 0 atom stereocenters. The normalized spacial score (nSPS) is 11.0. The van der Waals surface area contributed by atoms with Crippen LogP contribution >= 0.6 is 0 Å². The smallest absolute Gasteiger partial charge is 0.240 e. The van der Waals surface area contributed by atoms with Crippen molar-refractivity contribution in [1.82, 2.24) is 19.9 Å². The molecule has 2 heterocycles. The molecule has 0 saturated heterocycles. The number of amides is 1. The molecule has 4 aromatic rings. The highest BCUT2D eigenvalue weighted by Crippen LogP contribution is 2.22. The number of imidazole rings is 1. The lowest BCUT2D eigenvalue weighted by molar-refractivity contribution is -0.121. The second-order valence-electron chi connectivity index (χ2n) is 7.62. The van der Waals surface area contributed by atoms with Gasteiger partial charge >= 0.3 is 0 Å². The maximum Gasteiger partial charge on any atom is 0.240 e. The minimum Gasteiger partial charge on any atom is -0.354 e. The van der Waals surface area contributed by atoms with Crippen LogP contribution in [0.4, 0.5) is 0 Å². The van der Waals surface area contributed by atoms with Gasteiger partial charge in [-0.1, -0.05) is 36.4 Å². The Morgan fingerprint density at radius 2 is 1.77 bits per heavy atom. The van der Waals surface area contributed by atoms with Gasteiger partial charge in [0.05, 0.1) is 11.0 Å². The van der Waals surface area contributed by atoms with Crippen molar-refractivity contribution in [2.24, 2.45) is 0 Å². The summed E-state index contributed by atoms with van der Waals surface area (Å²) >= 11 is 0. The lowest BCUT2D eigenvalue weighted by atomic mass is 10.1. The molecule has 0 bridgehead atoms. The van der Waals surface area contributed by atoms with Crippen molar-refractivity contribution >= 4 is 16.9 Å². The Hall–Kier alpha value is -3.47. The highest BCUT2D eigenvalue weighted by molar-refractivity contribution is 5.82. The van der Waals surface area contributed by atoms with E-state index in [4.69, 9.17) is 4.98 Å². The summed E-state index contributed by atoms with van der Waals surface area (Å²) in [6, 6.07) is 20.3. The van der Waals surface area contributed by atoms with Crippen molar-refractivity contribution in [3.05, 3.63) is 95.1 Å². The Morgan fingerprint density at radius 3 is 2.53 bits per heavy atom. The summed E-state index contributed by atoms with van der Waals surface area (Å²) in [6.45, 7) is 5.00. The largest absolute Gasteiger partial charge is 0.354 e. The molecule has 0 unspecified atom stereocenters. The van der Waals surface area contributed by atoms with Gasteiger partial charge in [-0.25, -0.2) is 4.98 Å². The Labute approximate surface area is 176 Å². The molecule has 2 aromatic heterocycles. The molecule has 0 aliphatic carbocycles. The van der Waals surface area contributed by atoms with Gasteiger partial charge in [-0.2, -0.15) is 0 Å². The first kappa shape index (κ1) is 19.8. The van der Waals surface area contributed by atoms with Gasteiger partial charge in [-0.05, 0) is 54.8 Å². The van der Waals surface area contributed by atoms with Gasteiger partial charge in [-0.3, -0.25) is 9.78 Å². The third kappa shape index (κ3) is 4.57. The molecule has 0 radical (unpaired) electrons. The molecule has 30 heavy (non-hydrogen) atoms. The molecule has 4 rings (SSSR count). The van der Waals surface area contributed by atoms with Crippen molar-refractivity contribution in [2.75, 3.05) is 6.54 Å². The number of aromatic nitrogens is 3. The van der Waals surface area contributed by atoms with Crippen LogP contribution in [0.2, 0.25) is 0 Å². The van der Waals surface area contributed by atoms with E-state index >= 15 is 0 Å². The van der Waals surface area contributed by atoms with Gasteiger partial charge in [0, 0.05) is 31.3 Å². The third-order valence-electron chi connectivity index (χ3n) is 5.38. The van der Waals surface area contributed by atoms with E-state index in [1.165, 1.54) is 16.7 Å². The van der Waals surface area contributed by atoms with Crippen LogP contribution in [0.3, 0.4) is 0 Å². The fourth-order valence-electron chi connectivity index (χ4n) is 3.60. The van der Waals surface area contributed by atoms with E-state index in [0.29, 0.717) is 19.4 Å². The number of benzene rings is 2. The molecule has 152 valence electrons. The van der Waals surface area contributed by atoms with Gasteiger partial charge in [0.15, 0.2) is 0 Å². The number of carbonyl (C=O) groups excluding carboxylic acids is 1. The monoisotopic (exact) mass is 398 g/mol. The summed E-state index contributed by atoms with van der Waals surface area (Å²) in [6.07, 6.45) is 3.18. The average molecular weight is 399 g/mol. The molecule has 0 fully saturated rings. The summed E-state index contributed by atoms with van der Waals surface area (Å²) in [5, 5.41) is 3.02. The van der Waals surface area contributed by atoms with Gasteiger partial charge in [0.25, 0.3) is 0 Å². The average Bonchev–Trinajstić information content (AvgIpc) is 3.06. The number of rotatable bonds is 7. The van der Waals surface area contributed by atoms with Crippen LogP contribution in [-0.2, 0) is 24.2 Å². The number of aryl methyl sites for hydroxylation is 2. The highest BCUT2D eigenvalue weighted by Gasteiger charge is 2.15. The van der Waals surface area contributed by atoms with E-state index in [0.717, 1.165) is 22.6 Å². The predicted octanol–water partition coefficient (Wildman–Crippen LogP) is 4.00. The summed E-state index contributed by atoms with van der Waals surface area (Å²) in [4.78, 5) is 21.9. The second kappa shape index (κ2) is 8.91. The van der Waals surface area contributed by atoms with E-state index in [1.54, 1.807) is 6.20 Å². The quantitative estimate of drug-likeness (QED) is 0.512. The van der Waals surface area contributed by atoms with Crippen molar-refractivity contribution in [3.63, 3.8) is 0 Å². The third-order valence-corrected chi connectivity index (χ3v) is 5.38. The summed E-state index contributed by atoms with van der Waals surface area (Å²) in [7, 11) is 0. The van der Waals surface area contributed by atoms with Crippen LogP contribution in [0.25, 0.3) is 11.0 Å². The minimum atomic E-state index is -0.0160. The summed E-state index contributed by atoms with van der Waals surface area (Å²) in [5.74, 6) is 0.888. The van der Waals surface area contributed by atoms with Crippen molar-refractivity contribution in [2.45, 2.75) is 33.2 Å². The van der Waals surface area contributed by atoms with Crippen LogP contribution in [-0.4, -0.2) is 27.0 Å². The summed E-state index contributed by atoms with van der Waals surface area (Å²) in [5.41, 5.74) is 6.50. The molecular formula is C25H26N4O. The first-order chi connectivity index (χ1) is 14.6. The predicted molar refractivity (Wildman–Crippen MR) is 119 cm³/mol. The fourth-order valence-corrected chi connectivity index (χ4v) is 3.60. The first-order valence-electron chi connectivity index (χ1n) is 10.3. The van der Waals surface area contributed by atoms with Gasteiger partial charge in [0.1, 0.15) is 12.4 Å². The molecule has 0 aliphatic heterocycles. The Kier molecular flexibility index (Phi) is 5.89. The molecule has 5 heteroatoms. The van der Waals surface area contributed by atoms with Gasteiger partial charge in [-0.15, -0.1) is 0 Å². The van der Waals surface area contributed by atoms with Crippen LogP contribution in [0.1, 0.15) is 28.2 Å². The number of fused-ring (bicyclic) bond motifs is 1. The van der Waals surface area contributed by atoms with Crippen LogP contribution in [0.5, 0.6) is 0 Å². The number of nitrogens with one attached hydrogen (secondary N) is 1. The number of hydrogen-bond donors (Lipinski definition) is 1.